The number of hydrogen-bond acceptors (Lipinski definition) is 3. The molecular formula is C15H22IN3O. The first-order valence-electron chi connectivity index (χ1n) is 7.19. The van der Waals surface area contributed by atoms with Crippen molar-refractivity contribution in [3.63, 3.8) is 0 Å². The van der Waals surface area contributed by atoms with E-state index in [4.69, 9.17) is 0 Å². The molecule has 5 heteroatoms. The van der Waals surface area contributed by atoms with Crippen LogP contribution in [0, 0.1) is 3.57 Å². The number of likely N-dealkylation sites (N-methyl/N-ethyl adjacent to an activating group) is 1. The molecule has 0 radical (unpaired) electrons. The maximum Gasteiger partial charge on any atom is 0.238 e. The van der Waals surface area contributed by atoms with E-state index in [-0.39, 0.29) is 5.91 Å². The van der Waals surface area contributed by atoms with Gasteiger partial charge in [0.2, 0.25) is 5.91 Å². The molecule has 0 bridgehead atoms. The maximum absolute atomic E-state index is 12.1. The molecular weight excluding hydrogens is 365 g/mol. The number of amides is 1. The zero-order valence-electron chi connectivity index (χ0n) is 11.9. The Morgan fingerprint density at radius 1 is 1.50 bits per heavy atom. The largest absolute Gasteiger partial charge is 0.324 e. The van der Waals surface area contributed by atoms with Gasteiger partial charge in [0.1, 0.15) is 0 Å². The van der Waals surface area contributed by atoms with Gasteiger partial charge in [0.25, 0.3) is 0 Å². The van der Waals surface area contributed by atoms with Crippen molar-refractivity contribution in [3.8, 4) is 0 Å². The summed E-state index contributed by atoms with van der Waals surface area (Å²) >= 11 is 2.24. The highest BCUT2D eigenvalue weighted by Gasteiger charge is 2.18. The number of carbonyl (C=O) groups excluding carboxylic acids is 1. The van der Waals surface area contributed by atoms with Crippen LogP contribution in [0.2, 0.25) is 0 Å². The number of carbonyl (C=O) groups is 1. The Bertz CT molecular complexity index is 446. The van der Waals surface area contributed by atoms with E-state index in [1.54, 1.807) is 0 Å². The summed E-state index contributed by atoms with van der Waals surface area (Å²) in [6.45, 7) is 5.53. The Balaban J connectivity index is 1.84. The van der Waals surface area contributed by atoms with Crippen LogP contribution in [0.4, 0.5) is 5.69 Å². The number of benzene rings is 1. The van der Waals surface area contributed by atoms with Crippen molar-refractivity contribution in [3.05, 3.63) is 27.8 Å². The summed E-state index contributed by atoms with van der Waals surface area (Å²) in [6, 6.07) is 8.39. The first-order valence-corrected chi connectivity index (χ1v) is 8.27. The molecule has 1 atom stereocenters. The van der Waals surface area contributed by atoms with Gasteiger partial charge in [-0.15, -0.1) is 0 Å². The van der Waals surface area contributed by atoms with E-state index in [0.29, 0.717) is 12.6 Å². The number of nitrogens with zero attached hydrogens (tertiary/aromatic N) is 1. The first-order chi connectivity index (χ1) is 9.69. The number of hydrogen-bond donors (Lipinski definition) is 2. The average Bonchev–Trinajstić information content (AvgIpc) is 2.93. The van der Waals surface area contributed by atoms with E-state index in [2.05, 4.69) is 45.0 Å². The van der Waals surface area contributed by atoms with Crippen molar-refractivity contribution in [2.24, 2.45) is 0 Å². The lowest BCUT2D eigenvalue weighted by molar-refractivity contribution is -0.117. The fourth-order valence-corrected chi connectivity index (χ4v) is 3.01. The summed E-state index contributed by atoms with van der Waals surface area (Å²) in [4.78, 5) is 14.3. The summed E-state index contributed by atoms with van der Waals surface area (Å²) in [6.07, 6.45) is 2.46. The average molecular weight is 387 g/mol. The van der Waals surface area contributed by atoms with Gasteiger partial charge in [-0.2, -0.15) is 0 Å². The molecule has 20 heavy (non-hydrogen) atoms. The second-order valence-electron chi connectivity index (χ2n) is 5.15. The van der Waals surface area contributed by atoms with E-state index in [1.807, 2.05) is 24.3 Å². The second kappa shape index (κ2) is 7.95. The van der Waals surface area contributed by atoms with Gasteiger partial charge in [-0.1, -0.05) is 19.1 Å². The van der Waals surface area contributed by atoms with Crippen LogP contribution in [0.1, 0.15) is 19.8 Å². The summed E-state index contributed by atoms with van der Waals surface area (Å²) < 4.78 is 1.07. The molecule has 1 amide bonds. The smallest absolute Gasteiger partial charge is 0.238 e. The maximum atomic E-state index is 12.1. The monoisotopic (exact) mass is 387 g/mol. The molecule has 2 N–H and O–H groups in total. The van der Waals surface area contributed by atoms with Gasteiger partial charge in [-0.05, 0) is 60.7 Å². The minimum absolute atomic E-state index is 0.0639. The molecule has 1 fully saturated rings. The predicted molar refractivity (Wildman–Crippen MR) is 90.9 cm³/mol. The minimum Gasteiger partial charge on any atom is -0.324 e. The van der Waals surface area contributed by atoms with Crippen LogP contribution in [0.5, 0.6) is 0 Å². The molecule has 110 valence electrons. The Hall–Kier alpha value is -0.660. The molecule has 1 aromatic rings. The molecule has 1 saturated heterocycles. The molecule has 0 aliphatic carbocycles. The van der Waals surface area contributed by atoms with E-state index in [9.17, 15) is 4.79 Å². The van der Waals surface area contributed by atoms with Gasteiger partial charge in [-0.3, -0.25) is 9.69 Å². The molecule has 4 nitrogen and oxygen atoms in total. The zero-order valence-corrected chi connectivity index (χ0v) is 14.0. The lowest BCUT2D eigenvalue weighted by atomic mass is 10.2. The van der Waals surface area contributed by atoms with Crippen molar-refractivity contribution < 1.29 is 4.79 Å². The third kappa shape index (κ3) is 4.71. The number of rotatable bonds is 6. The van der Waals surface area contributed by atoms with Gasteiger partial charge in [0.15, 0.2) is 0 Å². The van der Waals surface area contributed by atoms with Gasteiger partial charge >= 0.3 is 0 Å². The van der Waals surface area contributed by atoms with Crippen molar-refractivity contribution in [1.29, 1.82) is 0 Å². The van der Waals surface area contributed by atoms with Crippen molar-refractivity contribution in [2.75, 3.05) is 31.5 Å². The highest BCUT2D eigenvalue weighted by Crippen LogP contribution is 2.16. The number of nitrogens with one attached hydrogen (secondary N) is 2. The Morgan fingerprint density at radius 3 is 2.95 bits per heavy atom. The fourth-order valence-electron chi connectivity index (χ4n) is 2.49. The van der Waals surface area contributed by atoms with Crippen LogP contribution in [0.25, 0.3) is 0 Å². The summed E-state index contributed by atoms with van der Waals surface area (Å²) in [5, 5.41) is 6.47. The van der Waals surface area contributed by atoms with E-state index >= 15 is 0 Å². The van der Waals surface area contributed by atoms with Crippen LogP contribution in [0.3, 0.4) is 0 Å². The topological polar surface area (TPSA) is 44.4 Å². The lowest BCUT2D eigenvalue weighted by Crippen LogP contribution is -2.41. The highest BCUT2D eigenvalue weighted by atomic mass is 127. The van der Waals surface area contributed by atoms with Gasteiger partial charge < -0.3 is 10.6 Å². The van der Waals surface area contributed by atoms with Crippen LogP contribution in [-0.2, 0) is 4.79 Å². The number of anilines is 1. The minimum atomic E-state index is 0.0639. The van der Waals surface area contributed by atoms with Gasteiger partial charge in [0, 0.05) is 16.2 Å². The molecule has 0 saturated carbocycles. The molecule has 1 unspecified atom stereocenters. The summed E-state index contributed by atoms with van der Waals surface area (Å²) in [5.74, 6) is 0.0639. The standard InChI is InChI=1S/C15H22IN3O/c1-2-19(10-12-6-5-9-17-12)11-15(20)18-14-8-4-3-7-13(14)16/h3-4,7-8,12,17H,2,5-6,9-11H2,1H3,(H,18,20). The van der Waals surface area contributed by atoms with E-state index in [0.717, 1.165) is 28.9 Å². The van der Waals surface area contributed by atoms with Gasteiger partial charge in [-0.25, -0.2) is 0 Å². The van der Waals surface area contributed by atoms with Gasteiger partial charge in [0.05, 0.1) is 12.2 Å². The third-order valence-electron chi connectivity index (χ3n) is 3.60. The Kier molecular flexibility index (Phi) is 6.25. The molecule has 1 aliphatic heterocycles. The molecule has 1 aromatic carbocycles. The predicted octanol–water partition coefficient (Wildman–Crippen LogP) is 2.30. The first kappa shape index (κ1) is 15.7. The molecule has 0 spiro atoms. The third-order valence-corrected chi connectivity index (χ3v) is 4.54. The Labute approximate surface area is 134 Å². The van der Waals surface area contributed by atoms with E-state index < -0.39 is 0 Å². The van der Waals surface area contributed by atoms with Crippen molar-refractivity contribution in [2.45, 2.75) is 25.8 Å². The van der Waals surface area contributed by atoms with Crippen molar-refractivity contribution >= 4 is 34.2 Å². The summed E-state index contributed by atoms with van der Waals surface area (Å²) in [7, 11) is 0. The molecule has 1 heterocycles. The summed E-state index contributed by atoms with van der Waals surface area (Å²) in [5.41, 5.74) is 0.896. The van der Waals surface area contributed by atoms with Crippen LogP contribution in [-0.4, -0.2) is 43.0 Å². The molecule has 1 aliphatic rings. The van der Waals surface area contributed by atoms with Crippen LogP contribution >= 0.6 is 22.6 Å². The van der Waals surface area contributed by atoms with Crippen LogP contribution < -0.4 is 10.6 Å². The lowest BCUT2D eigenvalue weighted by Gasteiger charge is -2.23. The van der Waals surface area contributed by atoms with Crippen LogP contribution in [0.15, 0.2) is 24.3 Å². The van der Waals surface area contributed by atoms with Crippen molar-refractivity contribution in [1.82, 2.24) is 10.2 Å². The molecule has 2 rings (SSSR count). The highest BCUT2D eigenvalue weighted by molar-refractivity contribution is 14.1. The fraction of sp³-hybridized carbons (Fsp3) is 0.533. The number of halogens is 1. The second-order valence-corrected chi connectivity index (χ2v) is 6.31. The van der Waals surface area contributed by atoms with E-state index in [1.165, 1.54) is 12.8 Å². The Morgan fingerprint density at radius 2 is 2.30 bits per heavy atom. The molecule has 0 aromatic heterocycles. The zero-order chi connectivity index (χ0) is 14.4. The quantitative estimate of drug-likeness (QED) is 0.737. The SMILES string of the molecule is CCN(CC(=O)Nc1ccccc1I)CC1CCCN1. The number of para-hydroxylation sites is 1. The normalized spacial score (nSPS) is 18.4.